The van der Waals surface area contributed by atoms with Crippen molar-refractivity contribution >= 4 is 28.8 Å². The second-order valence-corrected chi connectivity index (χ2v) is 9.67. The molecule has 178 valence electrons. The zero-order chi connectivity index (χ0) is 23.9. The summed E-state index contributed by atoms with van der Waals surface area (Å²) in [6.45, 7) is 2.08. The van der Waals surface area contributed by atoms with E-state index in [1.165, 1.54) is 29.9 Å². The lowest BCUT2D eigenvalue weighted by molar-refractivity contribution is -0.127. The van der Waals surface area contributed by atoms with E-state index in [9.17, 15) is 14.0 Å². The molecule has 34 heavy (non-hydrogen) atoms. The molecule has 1 atom stereocenters. The highest BCUT2D eigenvalue weighted by Gasteiger charge is 2.34. The molecular formula is C28H31FN2O2S. The van der Waals surface area contributed by atoms with Gasteiger partial charge in [-0.1, -0.05) is 50.5 Å². The molecular weight excluding hydrogens is 447 g/mol. The molecule has 0 saturated heterocycles. The molecule has 4 nitrogen and oxygen atoms in total. The average molecular weight is 479 g/mol. The van der Waals surface area contributed by atoms with Crippen LogP contribution in [0.3, 0.4) is 0 Å². The predicted octanol–water partition coefficient (Wildman–Crippen LogP) is 6.22. The molecule has 1 N–H and O–H groups in total. The summed E-state index contributed by atoms with van der Waals surface area (Å²) >= 11 is 1.54. The van der Waals surface area contributed by atoms with Gasteiger partial charge in [0.05, 0.1) is 6.42 Å². The number of aryl methyl sites for hydroxylation is 1. The van der Waals surface area contributed by atoms with Gasteiger partial charge in [-0.2, -0.15) is 11.3 Å². The van der Waals surface area contributed by atoms with Crippen molar-refractivity contribution in [2.24, 2.45) is 0 Å². The maximum absolute atomic E-state index is 13.8. The van der Waals surface area contributed by atoms with E-state index in [0.717, 1.165) is 43.2 Å². The van der Waals surface area contributed by atoms with E-state index in [4.69, 9.17) is 0 Å². The van der Waals surface area contributed by atoms with Crippen LogP contribution in [0.5, 0.6) is 0 Å². The molecule has 6 heteroatoms. The van der Waals surface area contributed by atoms with Crippen LogP contribution in [0.1, 0.15) is 61.8 Å². The second kappa shape index (κ2) is 11.4. The number of halogens is 1. The Kier molecular flexibility index (Phi) is 8.12. The lowest BCUT2D eigenvalue weighted by Crippen LogP contribution is -2.47. The average Bonchev–Trinajstić information content (AvgIpc) is 3.37. The van der Waals surface area contributed by atoms with Crippen LogP contribution in [-0.4, -0.2) is 17.9 Å². The Balaban J connectivity index is 1.73. The minimum absolute atomic E-state index is 0.0977. The van der Waals surface area contributed by atoms with Crippen molar-refractivity contribution in [3.8, 4) is 0 Å². The van der Waals surface area contributed by atoms with Gasteiger partial charge in [0, 0.05) is 11.7 Å². The van der Waals surface area contributed by atoms with Crippen LogP contribution in [0.2, 0.25) is 0 Å². The van der Waals surface area contributed by atoms with Crippen LogP contribution in [0.15, 0.2) is 65.4 Å². The molecule has 4 rings (SSSR count). The van der Waals surface area contributed by atoms with Gasteiger partial charge in [0.1, 0.15) is 11.9 Å². The smallest absolute Gasteiger partial charge is 0.248 e. The fourth-order valence-electron chi connectivity index (χ4n) is 4.57. The second-order valence-electron chi connectivity index (χ2n) is 8.89. The molecule has 1 aliphatic rings. The first-order valence-electron chi connectivity index (χ1n) is 12.0. The Labute approximate surface area is 204 Å². The summed E-state index contributed by atoms with van der Waals surface area (Å²) in [6.07, 6.45) is 6.31. The number of hydrogen-bond donors (Lipinski definition) is 1. The number of thiophene rings is 1. The highest BCUT2D eigenvalue weighted by molar-refractivity contribution is 7.08. The number of nitrogens with zero attached hydrogens (tertiary/aromatic N) is 1. The standard InChI is InChI=1S/C28H31FN2O2S/c1-2-20-8-14-25(15-9-20)31(26(32)18-21-16-17-34-19-21)27(22-10-12-23(29)13-11-22)28(33)30-24-6-4-3-5-7-24/h8-17,19,24,27H,2-7,18H2,1H3,(H,30,33)/t27-/m1/s1. The molecule has 0 aliphatic heterocycles. The van der Waals surface area contributed by atoms with Gasteiger partial charge in [0.25, 0.3) is 0 Å². The first-order chi connectivity index (χ1) is 16.5. The minimum atomic E-state index is -0.888. The number of amides is 2. The Morgan fingerprint density at radius 2 is 1.71 bits per heavy atom. The SMILES string of the molecule is CCc1ccc(N(C(=O)Cc2ccsc2)[C@@H](C(=O)NC2CCCCC2)c2ccc(F)cc2)cc1. The van der Waals surface area contributed by atoms with E-state index in [2.05, 4.69) is 12.2 Å². The summed E-state index contributed by atoms with van der Waals surface area (Å²) in [5.74, 6) is -0.772. The van der Waals surface area contributed by atoms with Gasteiger partial charge in [-0.3, -0.25) is 14.5 Å². The Morgan fingerprint density at radius 3 is 2.32 bits per heavy atom. The lowest BCUT2D eigenvalue weighted by atomic mass is 9.94. The summed E-state index contributed by atoms with van der Waals surface area (Å²) in [5, 5.41) is 7.08. The van der Waals surface area contributed by atoms with E-state index >= 15 is 0 Å². The number of carbonyl (C=O) groups is 2. The minimum Gasteiger partial charge on any atom is -0.351 e. The third-order valence-electron chi connectivity index (χ3n) is 6.47. The van der Waals surface area contributed by atoms with Crippen LogP contribution in [0.4, 0.5) is 10.1 Å². The van der Waals surface area contributed by atoms with Crippen LogP contribution in [0.25, 0.3) is 0 Å². The molecule has 0 spiro atoms. The largest absolute Gasteiger partial charge is 0.351 e. The molecule has 0 unspecified atom stereocenters. The maximum atomic E-state index is 13.8. The zero-order valence-corrected chi connectivity index (χ0v) is 20.3. The molecule has 1 aliphatic carbocycles. The van der Waals surface area contributed by atoms with Gasteiger partial charge in [-0.25, -0.2) is 4.39 Å². The van der Waals surface area contributed by atoms with Crippen molar-refractivity contribution in [1.29, 1.82) is 0 Å². The number of rotatable bonds is 8. The topological polar surface area (TPSA) is 49.4 Å². The molecule has 3 aromatic rings. The number of anilines is 1. The highest BCUT2D eigenvalue weighted by Crippen LogP contribution is 2.30. The fraction of sp³-hybridized carbons (Fsp3) is 0.357. The van der Waals surface area contributed by atoms with Crippen molar-refractivity contribution < 1.29 is 14.0 Å². The van der Waals surface area contributed by atoms with Gasteiger partial charge in [0.2, 0.25) is 11.8 Å². The third-order valence-corrected chi connectivity index (χ3v) is 7.20. The molecule has 1 aromatic heterocycles. The van der Waals surface area contributed by atoms with Gasteiger partial charge < -0.3 is 5.32 Å². The summed E-state index contributed by atoms with van der Waals surface area (Å²) < 4.78 is 13.8. The van der Waals surface area contributed by atoms with E-state index < -0.39 is 6.04 Å². The Hall–Kier alpha value is -2.99. The van der Waals surface area contributed by atoms with Crippen LogP contribution in [-0.2, 0) is 22.4 Å². The third kappa shape index (κ3) is 5.92. The van der Waals surface area contributed by atoms with Crippen LogP contribution >= 0.6 is 11.3 Å². The molecule has 1 saturated carbocycles. The monoisotopic (exact) mass is 478 g/mol. The van der Waals surface area contributed by atoms with Gasteiger partial charge >= 0.3 is 0 Å². The van der Waals surface area contributed by atoms with Crippen LogP contribution < -0.4 is 10.2 Å². The zero-order valence-electron chi connectivity index (χ0n) is 19.5. The summed E-state index contributed by atoms with van der Waals surface area (Å²) in [7, 11) is 0. The molecule has 0 bridgehead atoms. The number of hydrogen-bond acceptors (Lipinski definition) is 3. The maximum Gasteiger partial charge on any atom is 0.248 e. The fourth-order valence-corrected chi connectivity index (χ4v) is 5.24. The van der Waals surface area contributed by atoms with E-state index in [0.29, 0.717) is 11.3 Å². The highest BCUT2D eigenvalue weighted by atomic mass is 32.1. The van der Waals surface area contributed by atoms with E-state index in [-0.39, 0.29) is 30.1 Å². The van der Waals surface area contributed by atoms with Gasteiger partial charge in [-0.15, -0.1) is 0 Å². The summed E-state index contributed by atoms with van der Waals surface area (Å²) in [6, 6.07) is 14.8. The van der Waals surface area contributed by atoms with E-state index in [1.54, 1.807) is 17.0 Å². The lowest BCUT2D eigenvalue weighted by Gasteiger charge is -2.33. The van der Waals surface area contributed by atoms with Crippen molar-refractivity contribution in [2.45, 2.75) is 64.0 Å². The number of benzene rings is 2. The quantitative estimate of drug-likeness (QED) is 0.418. The number of nitrogens with one attached hydrogen (secondary N) is 1. The summed E-state index contributed by atoms with van der Waals surface area (Å²) in [5.41, 5.74) is 3.31. The van der Waals surface area contributed by atoms with Crippen molar-refractivity contribution in [3.05, 3.63) is 87.9 Å². The van der Waals surface area contributed by atoms with Gasteiger partial charge in [-0.05, 0) is 77.0 Å². The van der Waals surface area contributed by atoms with Crippen LogP contribution in [0, 0.1) is 5.82 Å². The first kappa shape index (κ1) is 24.1. The molecule has 2 aromatic carbocycles. The molecule has 2 amide bonds. The molecule has 1 heterocycles. The van der Waals surface area contributed by atoms with E-state index in [1.807, 2.05) is 41.1 Å². The van der Waals surface area contributed by atoms with Crippen molar-refractivity contribution in [2.75, 3.05) is 4.90 Å². The Bertz CT molecular complexity index is 1070. The first-order valence-corrected chi connectivity index (χ1v) is 13.0. The molecule has 1 fully saturated rings. The van der Waals surface area contributed by atoms with Crippen molar-refractivity contribution in [3.63, 3.8) is 0 Å². The molecule has 0 radical (unpaired) electrons. The normalized spacial score (nSPS) is 15.0. The predicted molar refractivity (Wildman–Crippen MR) is 135 cm³/mol. The number of carbonyl (C=O) groups excluding carboxylic acids is 2. The Morgan fingerprint density at radius 1 is 1.00 bits per heavy atom. The van der Waals surface area contributed by atoms with Crippen molar-refractivity contribution in [1.82, 2.24) is 5.32 Å². The van der Waals surface area contributed by atoms with Gasteiger partial charge in [0.15, 0.2) is 0 Å². The summed E-state index contributed by atoms with van der Waals surface area (Å²) in [4.78, 5) is 29.1.